The molecule has 1 amide bonds. The molecule has 186 valence electrons. The molecule has 35 heavy (non-hydrogen) atoms. The van der Waals surface area contributed by atoms with E-state index in [0.717, 1.165) is 22.6 Å². The van der Waals surface area contributed by atoms with Crippen molar-refractivity contribution < 1.29 is 22.7 Å². The first-order chi connectivity index (χ1) is 16.7. The lowest BCUT2D eigenvalue weighted by Gasteiger charge is -2.27. The Labute approximate surface area is 205 Å². The van der Waals surface area contributed by atoms with Crippen LogP contribution in [0.1, 0.15) is 27.3 Å². The maximum absolute atomic E-state index is 13.3. The standard InChI is InChI=1S/C25H30N4O5S/c1-18-22(19(2)29(26-18)21-8-6-5-7-9-21)17-27(3)25(30)20-10-11-23(33-4)24(16-20)35(31,32)28-12-14-34-15-13-28/h5-11,16H,12-15,17H2,1-4H3. The summed E-state index contributed by atoms with van der Waals surface area (Å²) in [6, 6.07) is 14.3. The lowest BCUT2D eigenvalue weighted by molar-refractivity contribution is 0.0729. The molecule has 0 aliphatic carbocycles. The van der Waals surface area contributed by atoms with Crippen LogP contribution in [-0.2, 0) is 21.3 Å². The normalized spacial score (nSPS) is 14.6. The van der Waals surface area contributed by atoms with Crippen LogP contribution in [0.2, 0.25) is 0 Å². The zero-order valence-electron chi connectivity index (χ0n) is 20.4. The Balaban J connectivity index is 1.60. The van der Waals surface area contributed by atoms with Crippen molar-refractivity contribution >= 4 is 15.9 Å². The fourth-order valence-corrected chi connectivity index (χ4v) is 5.78. The molecule has 0 bridgehead atoms. The second kappa shape index (κ2) is 10.2. The largest absolute Gasteiger partial charge is 0.495 e. The summed E-state index contributed by atoms with van der Waals surface area (Å²) in [5.41, 5.74) is 3.93. The number of sulfonamides is 1. The SMILES string of the molecule is COc1ccc(C(=O)N(C)Cc2c(C)nn(-c3ccccc3)c2C)cc1S(=O)(=O)N1CCOCC1. The highest BCUT2D eigenvalue weighted by molar-refractivity contribution is 7.89. The van der Waals surface area contributed by atoms with Gasteiger partial charge in [-0.1, -0.05) is 18.2 Å². The van der Waals surface area contributed by atoms with Gasteiger partial charge in [-0.2, -0.15) is 9.40 Å². The van der Waals surface area contributed by atoms with Gasteiger partial charge in [-0.05, 0) is 44.2 Å². The van der Waals surface area contributed by atoms with Crippen molar-refractivity contribution in [1.82, 2.24) is 19.0 Å². The van der Waals surface area contributed by atoms with Crippen LogP contribution in [0.25, 0.3) is 5.69 Å². The van der Waals surface area contributed by atoms with Crippen LogP contribution in [0.15, 0.2) is 53.4 Å². The molecule has 2 heterocycles. The maximum Gasteiger partial charge on any atom is 0.253 e. The number of para-hydroxylation sites is 1. The molecular formula is C25H30N4O5S. The summed E-state index contributed by atoms with van der Waals surface area (Å²) < 4.78 is 40.4. The number of morpholine rings is 1. The van der Waals surface area contributed by atoms with E-state index >= 15 is 0 Å². The summed E-state index contributed by atoms with van der Waals surface area (Å²) in [6.45, 7) is 5.40. The van der Waals surface area contributed by atoms with Crippen LogP contribution >= 0.6 is 0 Å². The number of carbonyl (C=O) groups is 1. The molecule has 4 rings (SSSR count). The van der Waals surface area contributed by atoms with Crippen molar-refractivity contribution in [2.24, 2.45) is 0 Å². The van der Waals surface area contributed by atoms with E-state index < -0.39 is 10.0 Å². The molecule has 0 spiro atoms. The number of ether oxygens (including phenoxy) is 2. The summed E-state index contributed by atoms with van der Waals surface area (Å²) in [4.78, 5) is 14.9. The van der Waals surface area contributed by atoms with Crippen LogP contribution in [0.5, 0.6) is 5.75 Å². The quantitative estimate of drug-likeness (QED) is 0.497. The molecule has 1 aromatic heterocycles. The maximum atomic E-state index is 13.3. The monoisotopic (exact) mass is 498 g/mol. The van der Waals surface area contributed by atoms with Crippen LogP contribution < -0.4 is 4.74 Å². The van der Waals surface area contributed by atoms with Crippen LogP contribution in [0.3, 0.4) is 0 Å². The van der Waals surface area contributed by atoms with E-state index in [4.69, 9.17) is 9.47 Å². The van der Waals surface area contributed by atoms with Gasteiger partial charge >= 0.3 is 0 Å². The Hall–Kier alpha value is -3.21. The average Bonchev–Trinajstić information content (AvgIpc) is 3.17. The first kappa shape index (κ1) is 24.9. The lowest BCUT2D eigenvalue weighted by atomic mass is 10.1. The molecule has 0 radical (unpaired) electrons. The van der Waals surface area contributed by atoms with Crippen LogP contribution in [0, 0.1) is 13.8 Å². The van der Waals surface area contributed by atoms with Gasteiger partial charge in [-0.25, -0.2) is 13.1 Å². The minimum Gasteiger partial charge on any atom is -0.495 e. The van der Waals surface area contributed by atoms with Gasteiger partial charge in [0.15, 0.2) is 0 Å². The van der Waals surface area contributed by atoms with Crippen molar-refractivity contribution in [3.8, 4) is 11.4 Å². The minimum absolute atomic E-state index is 0.0228. The minimum atomic E-state index is -3.84. The second-order valence-electron chi connectivity index (χ2n) is 8.44. The number of hydrogen-bond donors (Lipinski definition) is 0. The molecule has 2 aromatic carbocycles. The van der Waals surface area contributed by atoms with E-state index in [0.29, 0.717) is 19.8 Å². The zero-order chi connectivity index (χ0) is 25.2. The third kappa shape index (κ3) is 4.95. The van der Waals surface area contributed by atoms with Gasteiger partial charge < -0.3 is 14.4 Å². The van der Waals surface area contributed by atoms with Crippen molar-refractivity contribution in [3.05, 3.63) is 71.0 Å². The molecule has 1 saturated heterocycles. The number of methoxy groups -OCH3 is 1. The molecule has 0 saturated carbocycles. The van der Waals surface area contributed by atoms with Gasteiger partial charge in [0.05, 0.1) is 31.7 Å². The fourth-order valence-electron chi connectivity index (χ4n) is 4.19. The number of nitrogens with zero attached hydrogens (tertiary/aromatic N) is 4. The second-order valence-corrected chi connectivity index (χ2v) is 10.3. The van der Waals surface area contributed by atoms with E-state index in [9.17, 15) is 13.2 Å². The summed E-state index contributed by atoms with van der Waals surface area (Å²) in [7, 11) is -0.732. The molecular weight excluding hydrogens is 468 g/mol. The van der Waals surface area contributed by atoms with E-state index in [2.05, 4.69) is 5.10 Å². The zero-order valence-corrected chi connectivity index (χ0v) is 21.2. The fraction of sp³-hybridized carbons (Fsp3) is 0.360. The predicted molar refractivity (Wildman–Crippen MR) is 131 cm³/mol. The molecule has 0 unspecified atom stereocenters. The van der Waals surface area contributed by atoms with Gasteiger partial charge in [0.25, 0.3) is 5.91 Å². The van der Waals surface area contributed by atoms with Gasteiger partial charge in [-0.3, -0.25) is 4.79 Å². The Morgan fingerprint density at radius 1 is 1.11 bits per heavy atom. The number of aryl methyl sites for hydroxylation is 1. The highest BCUT2D eigenvalue weighted by Gasteiger charge is 2.30. The number of carbonyl (C=O) groups excluding carboxylic acids is 1. The van der Waals surface area contributed by atoms with Gasteiger partial charge in [-0.15, -0.1) is 0 Å². The summed E-state index contributed by atoms with van der Waals surface area (Å²) in [5, 5.41) is 4.65. The molecule has 1 aliphatic heterocycles. The first-order valence-corrected chi connectivity index (χ1v) is 12.8. The van der Waals surface area contributed by atoms with Crippen LogP contribution in [-0.4, -0.2) is 73.8 Å². The molecule has 10 heteroatoms. The number of benzene rings is 2. The third-order valence-corrected chi connectivity index (χ3v) is 8.10. The lowest BCUT2D eigenvalue weighted by Crippen LogP contribution is -2.40. The van der Waals surface area contributed by atoms with E-state index in [1.807, 2.05) is 48.9 Å². The van der Waals surface area contributed by atoms with E-state index in [1.54, 1.807) is 18.0 Å². The summed E-state index contributed by atoms with van der Waals surface area (Å²) in [5.74, 6) is -0.0936. The van der Waals surface area contributed by atoms with Crippen molar-refractivity contribution in [2.45, 2.75) is 25.3 Å². The number of rotatable bonds is 7. The highest BCUT2D eigenvalue weighted by atomic mass is 32.2. The third-order valence-electron chi connectivity index (χ3n) is 6.18. The van der Waals surface area contributed by atoms with Crippen molar-refractivity contribution in [2.75, 3.05) is 40.5 Å². The molecule has 9 nitrogen and oxygen atoms in total. The number of amides is 1. The number of hydrogen-bond acceptors (Lipinski definition) is 6. The number of aromatic nitrogens is 2. The van der Waals surface area contributed by atoms with Crippen LogP contribution in [0.4, 0.5) is 0 Å². The Morgan fingerprint density at radius 3 is 2.46 bits per heavy atom. The molecule has 0 N–H and O–H groups in total. The Bertz CT molecular complexity index is 1320. The van der Waals surface area contributed by atoms with Gasteiger partial charge in [0, 0.05) is 43.5 Å². The summed E-state index contributed by atoms with van der Waals surface area (Å²) in [6.07, 6.45) is 0. The Kier molecular flexibility index (Phi) is 7.25. The molecule has 1 fully saturated rings. The molecule has 1 aliphatic rings. The Morgan fingerprint density at radius 2 is 1.80 bits per heavy atom. The molecule has 0 atom stereocenters. The molecule has 3 aromatic rings. The highest BCUT2D eigenvalue weighted by Crippen LogP contribution is 2.29. The smallest absolute Gasteiger partial charge is 0.253 e. The predicted octanol–water partition coefficient (Wildman–Crippen LogP) is 2.79. The van der Waals surface area contributed by atoms with E-state index in [-0.39, 0.29) is 35.2 Å². The topological polar surface area (TPSA) is 94.0 Å². The van der Waals surface area contributed by atoms with Gasteiger partial charge in [0.2, 0.25) is 10.0 Å². The first-order valence-electron chi connectivity index (χ1n) is 11.4. The van der Waals surface area contributed by atoms with Crippen molar-refractivity contribution in [1.29, 1.82) is 0 Å². The van der Waals surface area contributed by atoms with Gasteiger partial charge in [0.1, 0.15) is 10.6 Å². The van der Waals surface area contributed by atoms with Crippen molar-refractivity contribution in [3.63, 3.8) is 0 Å². The van der Waals surface area contributed by atoms with E-state index in [1.165, 1.54) is 23.5 Å². The average molecular weight is 499 g/mol. The summed E-state index contributed by atoms with van der Waals surface area (Å²) >= 11 is 0.